The zero-order valence-corrected chi connectivity index (χ0v) is 17.9. The van der Waals surface area contributed by atoms with Crippen LogP contribution in [-0.4, -0.2) is 38.0 Å². The first-order chi connectivity index (χ1) is 15.0. The summed E-state index contributed by atoms with van der Waals surface area (Å²) in [7, 11) is 0. The Morgan fingerprint density at radius 2 is 2.06 bits per heavy atom. The van der Waals surface area contributed by atoms with Crippen LogP contribution in [0.15, 0.2) is 64.7 Å². The summed E-state index contributed by atoms with van der Waals surface area (Å²) in [6.45, 7) is 4.37. The van der Waals surface area contributed by atoms with Gasteiger partial charge in [0.25, 0.3) is 5.56 Å². The van der Waals surface area contributed by atoms with E-state index in [0.717, 1.165) is 23.0 Å². The molecule has 0 aliphatic heterocycles. The topological polar surface area (TPSA) is 102 Å². The molecule has 2 aromatic carbocycles. The van der Waals surface area contributed by atoms with Gasteiger partial charge in [-0.2, -0.15) is 5.10 Å². The lowest BCUT2D eigenvalue weighted by molar-refractivity contribution is -0.113. The molecule has 8 nitrogen and oxygen atoms in total. The first kappa shape index (κ1) is 20.7. The van der Waals surface area contributed by atoms with Crippen molar-refractivity contribution in [1.29, 1.82) is 0 Å². The number of thioether (sulfide) groups is 1. The zero-order chi connectivity index (χ0) is 21.8. The number of benzene rings is 2. The Balaban J connectivity index is 1.53. The van der Waals surface area contributed by atoms with Crippen LogP contribution in [0.1, 0.15) is 12.5 Å². The van der Waals surface area contributed by atoms with Crippen LogP contribution in [0, 0.1) is 6.92 Å². The van der Waals surface area contributed by atoms with Crippen LogP contribution in [0.25, 0.3) is 16.7 Å². The lowest BCUT2D eigenvalue weighted by Gasteiger charge is -2.11. The minimum Gasteiger partial charge on any atom is -0.492 e. The predicted octanol–water partition coefficient (Wildman–Crippen LogP) is 3.55. The summed E-state index contributed by atoms with van der Waals surface area (Å²) in [6.07, 6.45) is 1.50. The first-order valence-corrected chi connectivity index (χ1v) is 10.7. The molecule has 0 radical (unpaired) electrons. The number of carbonyl (C=O) groups is 1. The fraction of sp³-hybridized carbons (Fsp3) is 0.182. The van der Waals surface area contributed by atoms with Crippen molar-refractivity contribution in [3.8, 4) is 11.4 Å². The highest BCUT2D eigenvalue weighted by atomic mass is 32.2. The average Bonchev–Trinajstić information content (AvgIpc) is 3.18. The molecule has 0 aliphatic rings. The number of amides is 1. The minimum atomic E-state index is -0.298. The number of aryl methyl sites for hydroxylation is 1. The van der Waals surface area contributed by atoms with Gasteiger partial charge in [-0.25, -0.2) is 9.67 Å². The van der Waals surface area contributed by atoms with E-state index < -0.39 is 0 Å². The Morgan fingerprint density at radius 3 is 2.87 bits per heavy atom. The normalized spacial score (nSPS) is 10.9. The third-order valence-electron chi connectivity index (χ3n) is 4.46. The number of hydrogen-bond donors (Lipinski definition) is 2. The van der Waals surface area contributed by atoms with Gasteiger partial charge in [-0.05, 0) is 43.7 Å². The number of carbonyl (C=O) groups excluding carboxylic acids is 1. The van der Waals surface area contributed by atoms with Crippen molar-refractivity contribution in [2.45, 2.75) is 19.0 Å². The van der Waals surface area contributed by atoms with Crippen molar-refractivity contribution in [2.24, 2.45) is 0 Å². The van der Waals surface area contributed by atoms with Gasteiger partial charge in [0.1, 0.15) is 11.1 Å². The summed E-state index contributed by atoms with van der Waals surface area (Å²) >= 11 is 1.15. The smallest absolute Gasteiger partial charge is 0.262 e. The van der Waals surface area contributed by atoms with E-state index in [4.69, 9.17) is 4.74 Å². The molecule has 2 N–H and O–H groups in total. The second-order valence-corrected chi connectivity index (χ2v) is 7.73. The predicted molar refractivity (Wildman–Crippen MR) is 121 cm³/mol. The van der Waals surface area contributed by atoms with E-state index in [0.29, 0.717) is 34.2 Å². The van der Waals surface area contributed by atoms with Gasteiger partial charge < -0.3 is 15.0 Å². The average molecular weight is 436 g/mol. The van der Waals surface area contributed by atoms with Crippen molar-refractivity contribution < 1.29 is 9.53 Å². The maximum absolute atomic E-state index is 12.5. The highest BCUT2D eigenvalue weighted by Crippen LogP contribution is 2.24. The van der Waals surface area contributed by atoms with E-state index in [1.54, 1.807) is 16.8 Å². The van der Waals surface area contributed by atoms with Crippen LogP contribution in [0.2, 0.25) is 0 Å². The Labute approximate surface area is 182 Å². The van der Waals surface area contributed by atoms with Crippen molar-refractivity contribution in [1.82, 2.24) is 19.7 Å². The number of para-hydroxylation sites is 2. The molecule has 2 heterocycles. The zero-order valence-electron chi connectivity index (χ0n) is 17.1. The molecule has 1 amide bonds. The number of ether oxygens (including phenoxy) is 1. The lowest BCUT2D eigenvalue weighted by atomic mass is 10.2. The molecule has 0 saturated heterocycles. The molecule has 0 unspecified atom stereocenters. The van der Waals surface area contributed by atoms with Gasteiger partial charge in [-0.15, -0.1) is 0 Å². The van der Waals surface area contributed by atoms with E-state index in [9.17, 15) is 9.59 Å². The Kier molecular flexibility index (Phi) is 6.03. The Hall–Kier alpha value is -3.59. The molecule has 0 aliphatic carbocycles. The SMILES string of the molecule is CCOc1ccccc1NC(=O)CSc1nc2c(cnn2-c2cccc(C)c2)c(=O)[nH]1. The van der Waals surface area contributed by atoms with E-state index in [-0.39, 0.29) is 17.2 Å². The van der Waals surface area contributed by atoms with Gasteiger partial charge in [0.15, 0.2) is 10.8 Å². The van der Waals surface area contributed by atoms with Crippen LogP contribution in [0.5, 0.6) is 5.75 Å². The molecule has 31 heavy (non-hydrogen) atoms. The highest BCUT2D eigenvalue weighted by molar-refractivity contribution is 7.99. The van der Waals surface area contributed by atoms with E-state index >= 15 is 0 Å². The van der Waals surface area contributed by atoms with E-state index in [1.807, 2.05) is 50.2 Å². The second-order valence-electron chi connectivity index (χ2n) is 6.77. The number of rotatable bonds is 7. The number of fused-ring (bicyclic) bond motifs is 1. The quantitative estimate of drug-likeness (QED) is 0.340. The second kappa shape index (κ2) is 9.05. The van der Waals surface area contributed by atoms with Crippen LogP contribution < -0.4 is 15.6 Å². The number of H-pyrrole nitrogens is 1. The number of aromatic nitrogens is 4. The van der Waals surface area contributed by atoms with Gasteiger partial charge in [0.05, 0.1) is 29.9 Å². The van der Waals surface area contributed by atoms with Crippen molar-refractivity contribution >= 4 is 34.4 Å². The molecule has 4 aromatic rings. The molecule has 9 heteroatoms. The molecule has 4 rings (SSSR count). The molecular formula is C22H21N5O3S. The monoisotopic (exact) mass is 435 g/mol. The molecule has 0 atom stereocenters. The largest absolute Gasteiger partial charge is 0.492 e. The standard InChI is InChI=1S/C22H21N5O3S/c1-3-30-18-10-5-4-9-17(18)24-19(28)13-31-22-25-20-16(21(29)26-22)12-23-27(20)15-8-6-7-14(2)11-15/h4-12H,3,13H2,1-2H3,(H,24,28)(H,25,26,29). The van der Waals surface area contributed by atoms with E-state index in [2.05, 4.69) is 20.4 Å². The fourth-order valence-corrected chi connectivity index (χ4v) is 3.74. The summed E-state index contributed by atoms with van der Waals surface area (Å²) in [4.78, 5) is 32.2. The van der Waals surface area contributed by atoms with Crippen LogP contribution in [0.4, 0.5) is 5.69 Å². The molecule has 0 saturated carbocycles. The van der Waals surface area contributed by atoms with Crippen LogP contribution in [0.3, 0.4) is 0 Å². The number of anilines is 1. The van der Waals surface area contributed by atoms with Gasteiger partial charge in [-0.1, -0.05) is 36.0 Å². The lowest BCUT2D eigenvalue weighted by Crippen LogP contribution is -2.16. The maximum atomic E-state index is 12.5. The van der Waals surface area contributed by atoms with Gasteiger partial charge >= 0.3 is 0 Å². The molecule has 0 spiro atoms. The Bertz CT molecular complexity index is 1300. The summed E-state index contributed by atoms with van der Waals surface area (Å²) in [6, 6.07) is 15.0. The van der Waals surface area contributed by atoms with Crippen LogP contribution >= 0.6 is 11.8 Å². The first-order valence-electron chi connectivity index (χ1n) is 9.74. The fourth-order valence-electron chi connectivity index (χ4n) is 3.09. The Morgan fingerprint density at radius 1 is 1.23 bits per heavy atom. The van der Waals surface area contributed by atoms with Gasteiger partial charge in [0.2, 0.25) is 5.91 Å². The van der Waals surface area contributed by atoms with Crippen molar-refractivity contribution in [3.63, 3.8) is 0 Å². The number of nitrogens with one attached hydrogen (secondary N) is 2. The molecule has 2 aromatic heterocycles. The molecule has 158 valence electrons. The van der Waals surface area contributed by atoms with Crippen molar-refractivity contribution in [2.75, 3.05) is 17.7 Å². The third kappa shape index (κ3) is 4.61. The van der Waals surface area contributed by atoms with Crippen molar-refractivity contribution in [3.05, 3.63) is 70.6 Å². The molecule has 0 bridgehead atoms. The summed E-state index contributed by atoms with van der Waals surface area (Å²) in [5, 5.41) is 7.89. The van der Waals surface area contributed by atoms with Gasteiger partial charge in [-0.3, -0.25) is 9.59 Å². The summed E-state index contributed by atoms with van der Waals surface area (Å²) < 4.78 is 7.15. The molecule has 0 fully saturated rings. The summed E-state index contributed by atoms with van der Waals surface area (Å²) in [5.74, 6) is 0.457. The van der Waals surface area contributed by atoms with Gasteiger partial charge in [0, 0.05) is 0 Å². The third-order valence-corrected chi connectivity index (χ3v) is 5.34. The number of nitrogens with zero attached hydrogens (tertiary/aromatic N) is 3. The maximum Gasteiger partial charge on any atom is 0.262 e. The summed E-state index contributed by atoms with van der Waals surface area (Å²) in [5.41, 5.74) is 2.63. The number of aromatic amines is 1. The number of hydrogen-bond acceptors (Lipinski definition) is 6. The van der Waals surface area contributed by atoms with Crippen LogP contribution in [-0.2, 0) is 4.79 Å². The minimum absolute atomic E-state index is 0.0769. The highest BCUT2D eigenvalue weighted by Gasteiger charge is 2.14. The molecular weight excluding hydrogens is 414 g/mol. The van der Waals surface area contributed by atoms with E-state index in [1.165, 1.54) is 6.20 Å².